The van der Waals surface area contributed by atoms with Gasteiger partial charge in [-0.3, -0.25) is 0 Å². The Bertz CT molecular complexity index is 627. The molecule has 1 heterocycles. The molecule has 0 unspecified atom stereocenters. The molecule has 0 spiro atoms. The fourth-order valence-corrected chi connectivity index (χ4v) is 2.94. The van der Waals surface area contributed by atoms with Crippen molar-refractivity contribution < 1.29 is 22.5 Å². The van der Waals surface area contributed by atoms with E-state index in [0.29, 0.717) is 5.46 Å². The number of hydrogen-bond acceptors (Lipinski definition) is 2. The van der Waals surface area contributed by atoms with E-state index in [9.17, 15) is 13.2 Å². The van der Waals surface area contributed by atoms with Gasteiger partial charge in [-0.2, -0.15) is 13.2 Å². The molecule has 2 nitrogen and oxygen atoms in total. The van der Waals surface area contributed by atoms with Gasteiger partial charge in [-0.25, -0.2) is 0 Å². The summed E-state index contributed by atoms with van der Waals surface area (Å²) in [5.41, 5.74) is -1.47. The van der Waals surface area contributed by atoms with Crippen molar-refractivity contribution in [2.45, 2.75) is 78.2 Å². The molecule has 0 aliphatic carbocycles. The van der Waals surface area contributed by atoms with Crippen molar-refractivity contribution in [3.05, 3.63) is 28.8 Å². The van der Waals surface area contributed by atoms with Crippen LogP contribution in [0.1, 0.15) is 65.2 Å². The predicted molar refractivity (Wildman–Crippen MR) is 90.6 cm³/mol. The van der Waals surface area contributed by atoms with Gasteiger partial charge in [-0.15, -0.1) is 0 Å². The molecule has 2 rings (SSSR count). The van der Waals surface area contributed by atoms with E-state index >= 15 is 0 Å². The predicted octanol–water partition coefficient (Wildman–Crippen LogP) is 4.61. The number of rotatable bonds is 1. The van der Waals surface area contributed by atoms with E-state index in [2.05, 4.69) is 0 Å². The molecular formula is C18H26BF3O2. The second-order valence-corrected chi connectivity index (χ2v) is 8.54. The van der Waals surface area contributed by atoms with Crippen molar-refractivity contribution >= 4 is 12.6 Å². The minimum Gasteiger partial charge on any atom is -0.399 e. The summed E-state index contributed by atoms with van der Waals surface area (Å²) in [6.45, 7) is 14.4. The standard InChI is InChI=1S/C18H26BF3O2/c1-11-13(19-23-16(5,6)17(7,8)24-19)10-9-12(15(2,3)4)14(11)18(20,21)22/h9-10H,1-8H3. The quantitative estimate of drug-likeness (QED) is 0.694. The van der Waals surface area contributed by atoms with Crippen LogP contribution in [0.3, 0.4) is 0 Å². The van der Waals surface area contributed by atoms with Crippen molar-refractivity contribution in [1.29, 1.82) is 0 Å². The van der Waals surface area contributed by atoms with Crippen LogP contribution in [0.15, 0.2) is 12.1 Å². The maximum absolute atomic E-state index is 13.7. The highest BCUT2D eigenvalue weighted by Crippen LogP contribution is 2.41. The van der Waals surface area contributed by atoms with E-state index in [1.807, 2.05) is 27.7 Å². The molecule has 134 valence electrons. The summed E-state index contributed by atoms with van der Waals surface area (Å²) >= 11 is 0. The second-order valence-electron chi connectivity index (χ2n) is 8.54. The Morgan fingerprint density at radius 3 is 1.75 bits per heavy atom. The van der Waals surface area contributed by atoms with Crippen LogP contribution in [0.25, 0.3) is 0 Å². The Kier molecular flexibility index (Phi) is 4.43. The first kappa shape index (κ1) is 19.3. The summed E-state index contributed by atoms with van der Waals surface area (Å²) in [4.78, 5) is 0. The number of alkyl halides is 3. The molecule has 1 aromatic rings. The van der Waals surface area contributed by atoms with Gasteiger partial charge in [0.1, 0.15) is 0 Å². The molecule has 24 heavy (non-hydrogen) atoms. The molecule has 1 aromatic carbocycles. The van der Waals surface area contributed by atoms with Gasteiger partial charge in [0.25, 0.3) is 0 Å². The van der Waals surface area contributed by atoms with Gasteiger partial charge in [-0.1, -0.05) is 32.9 Å². The van der Waals surface area contributed by atoms with Crippen molar-refractivity contribution in [1.82, 2.24) is 0 Å². The molecule has 0 atom stereocenters. The van der Waals surface area contributed by atoms with Crippen LogP contribution >= 0.6 is 0 Å². The van der Waals surface area contributed by atoms with Gasteiger partial charge in [0.2, 0.25) is 0 Å². The number of hydrogen-bond donors (Lipinski definition) is 0. The zero-order chi connectivity index (χ0) is 18.7. The van der Waals surface area contributed by atoms with Crippen molar-refractivity contribution in [2.75, 3.05) is 0 Å². The molecule has 0 N–H and O–H groups in total. The van der Waals surface area contributed by atoms with Crippen LogP contribution in [-0.4, -0.2) is 18.3 Å². The van der Waals surface area contributed by atoms with Gasteiger partial charge >= 0.3 is 13.3 Å². The highest BCUT2D eigenvalue weighted by atomic mass is 19.4. The maximum Gasteiger partial charge on any atom is 0.495 e. The fourth-order valence-electron chi connectivity index (χ4n) is 2.94. The summed E-state index contributed by atoms with van der Waals surface area (Å²) < 4.78 is 53.1. The zero-order valence-electron chi connectivity index (χ0n) is 15.7. The highest BCUT2D eigenvalue weighted by molar-refractivity contribution is 6.62. The van der Waals surface area contributed by atoms with E-state index in [0.717, 1.165) is 0 Å². The maximum atomic E-state index is 13.7. The molecule has 1 fully saturated rings. The number of benzene rings is 1. The summed E-state index contributed by atoms with van der Waals surface area (Å²) in [6, 6.07) is 3.25. The van der Waals surface area contributed by atoms with E-state index in [1.54, 1.807) is 32.9 Å². The SMILES string of the molecule is Cc1c(B2OC(C)(C)C(C)(C)O2)ccc(C(C)(C)C)c1C(F)(F)F. The molecular weight excluding hydrogens is 316 g/mol. The van der Waals surface area contributed by atoms with Gasteiger partial charge in [0, 0.05) is 0 Å². The summed E-state index contributed by atoms with van der Waals surface area (Å²) in [5.74, 6) is 0. The first-order valence-electron chi connectivity index (χ1n) is 8.15. The van der Waals surface area contributed by atoms with Crippen LogP contribution in [0.5, 0.6) is 0 Å². The van der Waals surface area contributed by atoms with Gasteiger partial charge in [-0.05, 0) is 56.6 Å². The van der Waals surface area contributed by atoms with Crippen LogP contribution in [0.2, 0.25) is 0 Å². The van der Waals surface area contributed by atoms with Gasteiger partial charge in [0.15, 0.2) is 0 Å². The minimum absolute atomic E-state index is 0.174. The van der Waals surface area contributed by atoms with E-state index in [4.69, 9.17) is 9.31 Å². The van der Waals surface area contributed by atoms with Crippen LogP contribution in [0.4, 0.5) is 13.2 Å². The largest absolute Gasteiger partial charge is 0.495 e. The molecule has 1 saturated heterocycles. The van der Waals surface area contributed by atoms with E-state index < -0.39 is 35.5 Å². The van der Waals surface area contributed by atoms with Crippen LogP contribution in [-0.2, 0) is 20.9 Å². The lowest BCUT2D eigenvalue weighted by Gasteiger charge is -2.32. The summed E-state index contributed by atoms with van der Waals surface area (Å²) in [5, 5.41) is 0. The summed E-state index contributed by atoms with van der Waals surface area (Å²) in [6.07, 6.45) is -4.42. The second kappa shape index (κ2) is 5.50. The van der Waals surface area contributed by atoms with Crippen LogP contribution < -0.4 is 5.46 Å². The molecule has 1 aliphatic heterocycles. The van der Waals surface area contributed by atoms with E-state index in [1.165, 1.54) is 6.92 Å². The molecule has 0 bridgehead atoms. The van der Waals surface area contributed by atoms with Crippen molar-refractivity contribution in [3.63, 3.8) is 0 Å². The average Bonchev–Trinajstić information content (AvgIpc) is 2.54. The smallest absolute Gasteiger partial charge is 0.399 e. The molecule has 6 heteroatoms. The third-order valence-electron chi connectivity index (χ3n) is 5.11. The molecule has 1 aliphatic rings. The van der Waals surface area contributed by atoms with E-state index in [-0.39, 0.29) is 11.1 Å². The number of halogens is 3. The highest BCUT2D eigenvalue weighted by Gasteiger charge is 2.53. The Labute approximate surface area is 142 Å². The monoisotopic (exact) mass is 342 g/mol. The zero-order valence-corrected chi connectivity index (χ0v) is 15.7. The Morgan fingerprint density at radius 2 is 1.38 bits per heavy atom. The topological polar surface area (TPSA) is 18.5 Å². The molecule has 0 aromatic heterocycles. The Hall–Kier alpha value is -1.01. The minimum atomic E-state index is -4.42. The summed E-state index contributed by atoms with van der Waals surface area (Å²) in [7, 11) is -0.801. The fraction of sp³-hybridized carbons (Fsp3) is 0.667. The van der Waals surface area contributed by atoms with Gasteiger partial charge < -0.3 is 9.31 Å². The van der Waals surface area contributed by atoms with Crippen molar-refractivity contribution in [2.24, 2.45) is 0 Å². The Morgan fingerprint density at radius 1 is 0.917 bits per heavy atom. The molecule has 0 saturated carbocycles. The lowest BCUT2D eigenvalue weighted by molar-refractivity contribution is -0.139. The average molecular weight is 342 g/mol. The van der Waals surface area contributed by atoms with Crippen molar-refractivity contribution in [3.8, 4) is 0 Å². The third kappa shape index (κ3) is 3.23. The Balaban J connectivity index is 2.60. The lowest BCUT2D eigenvalue weighted by atomic mass is 9.71. The third-order valence-corrected chi connectivity index (χ3v) is 5.11. The van der Waals surface area contributed by atoms with Crippen LogP contribution in [0, 0.1) is 6.92 Å². The molecule has 0 radical (unpaired) electrons. The first-order valence-corrected chi connectivity index (χ1v) is 8.15. The lowest BCUT2D eigenvalue weighted by Crippen LogP contribution is -2.41. The first-order chi connectivity index (χ1) is 10.6. The molecule has 0 amide bonds. The normalized spacial score (nSPS) is 20.5. The van der Waals surface area contributed by atoms with Gasteiger partial charge in [0.05, 0.1) is 16.8 Å².